The number of methoxy groups -OCH3 is 2. The van der Waals surface area contributed by atoms with Crippen LogP contribution in [0.2, 0.25) is 0 Å². The zero-order chi connectivity index (χ0) is 40.3. The molecule has 1 aliphatic rings. The molecule has 0 aromatic heterocycles. The van der Waals surface area contributed by atoms with Gasteiger partial charge in [0.25, 0.3) is 0 Å². The summed E-state index contributed by atoms with van der Waals surface area (Å²) in [6.45, 7) is 2.49. The molecule has 1 heterocycles. The molecule has 302 valence electrons. The zero-order valence-corrected chi connectivity index (χ0v) is 31.0. The molecule has 0 fully saturated rings. The molecule has 1 aliphatic heterocycles. The molecule has 0 aliphatic carbocycles. The predicted molar refractivity (Wildman–Crippen MR) is 190 cm³/mol. The zero-order valence-electron chi connectivity index (χ0n) is 31.0. The lowest BCUT2D eigenvalue weighted by molar-refractivity contribution is -0.284. The second kappa shape index (κ2) is 18.8. The van der Waals surface area contributed by atoms with Crippen molar-refractivity contribution in [1.29, 1.82) is 0 Å². The number of carboxylic acids is 2. The van der Waals surface area contributed by atoms with Gasteiger partial charge in [0.15, 0.2) is 19.0 Å². The van der Waals surface area contributed by atoms with E-state index in [4.69, 9.17) is 28.4 Å². The van der Waals surface area contributed by atoms with Gasteiger partial charge in [-0.05, 0) is 79.1 Å². The van der Waals surface area contributed by atoms with Gasteiger partial charge in [-0.25, -0.2) is 0 Å². The fraction of sp³-hybridized carbons (Fsp3) is 0.500. The van der Waals surface area contributed by atoms with Crippen molar-refractivity contribution in [2.75, 3.05) is 41.0 Å². The van der Waals surface area contributed by atoms with E-state index in [1.54, 1.807) is 26.4 Å². The first-order valence-corrected chi connectivity index (χ1v) is 17.8. The Morgan fingerprint density at radius 3 is 1.95 bits per heavy atom. The first-order valence-electron chi connectivity index (χ1n) is 17.8. The van der Waals surface area contributed by atoms with Crippen molar-refractivity contribution in [2.45, 2.75) is 81.7 Å². The van der Waals surface area contributed by atoms with Crippen LogP contribution in [0.1, 0.15) is 74.5 Å². The number of halogens is 5. The average molecular weight is 783 g/mol. The highest BCUT2D eigenvalue weighted by Gasteiger charge is 2.57. The maximum absolute atomic E-state index is 13.4. The first kappa shape index (κ1) is 43.1. The van der Waals surface area contributed by atoms with Crippen LogP contribution in [0.25, 0.3) is 0 Å². The van der Waals surface area contributed by atoms with Gasteiger partial charge in [0.1, 0.15) is 23.0 Å². The highest BCUT2D eigenvalue weighted by molar-refractivity contribution is 5.98. The number of carboxylic acid groups (broad SMARTS) is 2. The third-order valence-corrected chi connectivity index (χ3v) is 10.1. The van der Waals surface area contributed by atoms with E-state index in [0.29, 0.717) is 23.9 Å². The van der Waals surface area contributed by atoms with E-state index in [2.05, 4.69) is 19.1 Å². The van der Waals surface area contributed by atoms with E-state index in [1.807, 2.05) is 42.5 Å². The van der Waals surface area contributed by atoms with Gasteiger partial charge in [-0.2, -0.15) is 22.0 Å². The van der Waals surface area contributed by atoms with Gasteiger partial charge in [0.2, 0.25) is 0 Å². The van der Waals surface area contributed by atoms with E-state index in [-0.39, 0.29) is 24.9 Å². The van der Waals surface area contributed by atoms with Gasteiger partial charge in [-0.15, -0.1) is 0 Å². The number of fused-ring (bicyclic) bond motifs is 1. The fourth-order valence-electron chi connectivity index (χ4n) is 6.80. The van der Waals surface area contributed by atoms with E-state index in [0.717, 1.165) is 48.1 Å². The summed E-state index contributed by atoms with van der Waals surface area (Å²) in [5.74, 6) is -6.22. The third-order valence-electron chi connectivity index (χ3n) is 10.1. The third kappa shape index (κ3) is 10.8. The summed E-state index contributed by atoms with van der Waals surface area (Å²) >= 11 is 0. The van der Waals surface area contributed by atoms with Crippen molar-refractivity contribution in [3.63, 3.8) is 0 Å². The first-order chi connectivity index (χ1) is 26.1. The van der Waals surface area contributed by atoms with Gasteiger partial charge >= 0.3 is 24.0 Å². The summed E-state index contributed by atoms with van der Waals surface area (Å²) in [6.07, 6.45) is -6.75. The fourth-order valence-corrected chi connectivity index (χ4v) is 6.80. The molecule has 10 nitrogen and oxygen atoms in total. The van der Waals surface area contributed by atoms with Crippen LogP contribution in [-0.4, -0.2) is 75.3 Å². The van der Waals surface area contributed by atoms with Crippen LogP contribution in [0.4, 0.5) is 22.0 Å². The number of aliphatic carboxylic acids is 2. The largest absolute Gasteiger partial charge is 0.494 e. The van der Waals surface area contributed by atoms with Gasteiger partial charge < -0.3 is 38.6 Å². The predicted octanol–water partition coefficient (Wildman–Crippen LogP) is 8.79. The molecule has 0 spiro atoms. The minimum absolute atomic E-state index is 0.110. The Bertz CT molecular complexity index is 1680. The standard InChI is InChI=1S/C40H47F5O10/c1-37(28-11-15-30(16-12-28)54-25-50-2)24-53-34-23-31(55-26-51-3)17-18-32(34)33(37)8-5-4-7-27-9-13-29(14-10-27)52-22-21-38(35(46)47,36(48)49)19-6-20-39(41,42)40(43,44)45/h9-18,23,33H,4-8,19-22,24-26H2,1-3H3,(H,46,47)(H,48,49). The van der Waals surface area contributed by atoms with Gasteiger partial charge in [0.05, 0.1) is 13.2 Å². The molecule has 4 rings (SSSR count). The second-order valence-corrected chi connectivity index (χ2v) is 13.8. The molecular weight excluding hydrogens is 735 g/mol. The van der Waals surface area contributed by atoms with Crippen molar-refractivity contribution in [1.82, 2.24) is 0 Å². The summed E-state index contributed by atoms with van der Waals surface area (Å²) in [5, 5.41) is 19.3. The number of rotatable bonds is 22. The monoisotopic (exact) mass is 782 g/mol. The minimum atomic E-state index is -5.82. The van der Waals surface area contributed by atoms with Crippen LogP contribution < -0.4 is 18.9 Å². The van der Waals surface area contributed by atoms with Crippen molar-refractivity contribution in [3.05, 3.63) is 83.4 Å². The van der Waals surface area contributed by atoms with Gasteiger partial charge in [-0.3, -0.25) is 9.59 Å². The minimum Gasteiger partial charge on any atom is -0.494 e. The smallest absolute Gasteiger partial charge is 0.453 e. The Labute approximate surface area is 316 Å². The normalized spacial score (nSPS) is 17.2. The van der Waals surface area contributed by atoms with E-state index in [1.165, 1.54) is 0 Å². The van der Waals surface area contributed by atoms with Crippen molar-refractivity contribution in [2.24, 2.45) is 5.41 Å². The summed E-state index contributed by atoms with van der Waals surface area (Å²) in [6, 6.07) is 20.7. The Balaban J connectivity index is 1.36. The SMILES string of the molecule is COCOc1ccc(C2(C)COc3cc(OCOC)ccc3C2CCCCc2ccc(OCCC(CCCC(F)(F)C(F)(F)F)(C(=O)O)C(=O)O)cc2)cc1. The second-order valence-electron chi connectivity index (χ2n) is 13.8. The number of alkyl halides is 5. The Kier molecular flexibility index (Phi) is 14.7. The highest BCUT2D eigenvalue weighted by atomic mass is 19.4. The number of benzene rings is 3. The van der Waals surface area contributed by atoms with E-state index < -0.39 is 61.7 Å². The highest BCUT2D eigenvalue weighted by Crippen LogP contribution is 2.50. The molecule has 2 atom stereocenters. The van der Waals surface area contributed by atoms with Crippen molar-refractivity contribution in [3.8, 4) is 23.0 Å². The van der Waals surface area contributed by atoms with E-state index >= 15 is 0 Å². The molecule has 3 aromatic carbocycles. The quantitative estimate of drug-likeness (QED) is 0.0442. The lowest BCUT2D eigenvalue weighted by atomic mass is 9.66. The topological polar surface area (TPSA) is 130 Å². The molecule has 2 unspecified atom stereocenters. The molecule has 0 amide bonds. The molecule has 0 saturated carbocycles. The number of ether oxygens (including phenoxy) is 6. The Hall–Kier alpha value is -4.63. The van der Waals surface area contributed by atoms with Gasteiger partial charge in [-0.1, -0.05) is 43.7 Å². The molecule has 2 N–H and O–H groups in total. The van der Waals surface area contributed by atoms with Crippen LogP contribution in [-0.2, 0) is 30.9 Å². The molecule has 3 aromatic rings. The van der Waals surface area contributed by atoms with Crippen LogP contribution in [0, 0.1) is 5.41 Å². The molecule has 55 heavy (non-hydrogen) atoms. The lowest BCUT2D eigenvalue weighted by Gasteiger charge is -2.43. The van der Waals surface area contributed by atoms with Crippen molar-refractivity contribution < 1.29 is 70.2 Å². The molecule has 0 saturated heterocycles. The number of aryl methyl sites for hydroxylation is 1. The molecule has 0 radical (unpaired) electrons. The van der Waals surface area contributed by atoms with E-state index in [9.17, 15) is 41.8 Å². The number of carbonyl (C=O) groups is 2. The molecule has 15 heteroatoms. The average Bonchev–Trinajstić information content (AvgIpc) is 3.14. The summed E-state index contributed by atoms with van der Waals surface area (Å²) < 4.78 is 97.6. The van der Waals surface area contributed by atoms with Crippen LogP contribution in [0.3, 0.4) is 0 Å². The lowest BCUT2D eigenvalue weighted by Crippen LogP contribution is -2.42. The summed E-state index contributed by atoms with van der Waals surface area (Å²) in [7, 11) is 3.11. The number of hydrogen-bond donors (Lipinski definition) is 2. The maximum Gasteiger partial charge on any atom is 0.453 e. The molecular formula is C40H47F5O10. The Morgan fingerprint density at radius 2 is 1.35 bits per heavy atom. The van der Waals surface area contributed by atoms with Crippen LogP contribution in [0.5, 0.6) is 23.0 Å². The van der Waals surface area contributed by atoms with Crippen molar-refractivity contribution >= 4 is 11.9 Å². The van der Waals surface area contributed by atoms with Crippen LogP contribution in [0.15, 0.2) is 66.7 Å². The summed E-state index contributed by atoms with van der Waals surface area (Å²) in [4.78, 5) is 23.8. The summed E-state index contributed by atoms with van der Waals surface area (Å²) in [5.41, 5.74) is 0.243. The Morgan fingerprint density at radius 1 is 0.764 bits per heavy atom. The van der Waals surface area contributed by atoms with Crippen LogP contribution >= 0.6 is 0 Å². The number of unbranched alkanes of at least 4 members (excludes halogenated alkanes) is 1. The number of hydrogen-bond acceptors (Lipinski definition) is 8. The van der Waals surface area contributed by atoms with Gasteiger partial charge in [0, 0.05) is 44.5 Å². The molecule has 0 bridgehead atoms. The maximum atomic E-state index is 13.4.